The van der Waals surface area contributed by atoms with Gasteiger partial charge in [-0.15, -0.1) is 5.23 Å². The van der Waals surface area contributed by atoms with E-state index in [4.69, 9.17) is 0 Å². The van der Waals surface area contributed by atoms with Gasteiger partial charge in [0.2, 0.25) is 0 Å². The van der Waals surface area contributed by atoms with Crippen LogP contribution in [-0.4, -0.2) is 33.9 Å². The van der Waals surface area contributed by atoms with E-state index in [1.807, 2.05) is 0 Å². The lowest BCUT2D eigenvalue weighted by Crippen LogP contribution is -2.56. The third-order valence-electron chi connectivity index (χ3n) is 10.7. The molecule has 0 unspecified atom stereocenters. The Kier molecular flexibility index (Phi) is 5.78. The van der Waals surface area contributed by atoms with Crippen molar-refractivity contribution in [2.45, 2.75) is 83.7 Å². The molecule has 0 heterocycles. The van der Waals surface area contributed by atoms with Crippen molar-refractivity contribution in [2.75, 3.05) is 11.8 Å². The molecule has 0 aromatic heterocycles. The molecule has 182 valence electrons. The molecule has 3 N–H and O–H groups in total. The lowest BCUT2D eigenvalue weighted by Gasteiger charge is -2.61. The van der Waals surface area contributed by atoms with Crippen LogP contribution in [0.2, 0.25) is 0 Å². The van der Waals surface area contributed by atoms with E-state index in [0.29, 0.717) is 17.3 Å². The average Bonchev–Trinajstić information content (AvgIpc) is 3.05. The van der Waals surface area contributed by atoms with E-state index in [9.17, 15) is 20.6 Å². The molecule has 4 fully saturated rings. The molecule has 0 radical (unpaired) electrons. The number of benzene rings is 1. The molecule has 6 heteroatoms. The number of aliphatic hydroxyl groups is 1. The monoisotopic (exact) mass is 455 g/mol. The fraction of sp³-hybridized carbons (Fsp3) is 0.741. The largest absolute Gasteiger partial charge is 0.872 e. The highest BCUT2D eigenvalue weighted by Gasteiger charge is 2.64. The highest BCUT2D eigenvalue weighted by atomic mass is 16.8. The van der Waals surface area contributed by atoms with Gasteiger partial charge in [0, 0.05) is 11.6 Å². The van der Waals surface area contributed by atoms with Gasteiger partial charge < -0.3 is 10.2 Å². The van der Waals surface area contributed by atoms with Crippen LogP contribution in [0.15, 0.2) is 23.2 Å². The molecular weight excluding hydrogens is 416 g/mol. The molecule has 0 amide bonds. The molecule has 33 heavy (non-hydrogen) atoms. The van der Waals surface area contributed by atoms with Crippen LogP contribution in [0.4, 0.5) is 5.69 Å². The van der Waals surface area contributed by atoms with E-state index in [2.05, 4.69) is 18.8 Å². The van der Waals surface area contributed by atoms with Gasteiger partial charge in [0.25, 0.3) is 0 Å². The van der Waals surface area contributed by atoms with Crippen molar-refractivity contribution in [1.82, 2.24) is 0 Å². The van der Waals surface area contributed by atoms with Crippen molar-refractivity contribution in [2.24, 2.45) is 39.5 Å². The van der Waals surface area contributed by atoms with Gasteiger partial charge in [0.15, 0.2) is 0 Å². The minimum absolute atomic E-state index is 0.00704. The Morgan fingerprint density at radius 3 is 2.61 bits per heavy atom. The fourth-order valence-corrected chi connectivity index (χ4v) is 8.72. The maximum absolute atomic E-state index is 12.2. The van der Waals surface area contributed by atoms with Crippen LogP contribution in [-0.2, 0) is 0 Å². The van der Waals surface area contributed by atoms with Gasteiger partial charge in [-0.25, -0.2) is 0 Å². The minimum Gasteiger partial charge on any atom is -0.872 e. The van der Waals surface area contributed by atoms with E-state index < -0.39 is 5.60 Å². The van der Waals surface area contributed by atoms with Crippen LogP contribution in [0.3, 0.4) is 0 Å². The molecule has 6 nitrogen and oxygen atoms in total. The van der Waals surface area contributed by atoms with Gasteiger partial charge in [0.05, 0.1) is 17.8 Å². The number of aliphatic imine (C=N–C) groups is 1. The SMILES string of the molecule is C[C@]12CCCC[C@H]1CC[C@H]1[C@H]3CC[C@](O)(CN=Cc4cc(N(O)O)ccc4[O-])[C@]3(C)CC[C@@H]12. The lowest BCUT2D eigenvalue weighted by atomic mass is 9.44. The van der Waals surface area contributed by atoms with Crippen LogP contribution < -0.4 is 10.3 Å². The molecule has 0 bridgehead atoms. The molecule has 0 saturated heterocycles. The van der Waals surface area contributed by atoms with Crippen LogP contribution in [0.1, 0.15) is 83.6 Å². The van der Waals surface area contributed by atoms with Gasteiger partial charge >= 0.3 is 0 Å². The Labute approximate surface area is 197 Å². The topological polar surface area (TPSA) is 99.4 Å². The second-order valence-corrected chi connectivity index (χ2v) is 11.9. The van der Waals surface area contributed by atoms with Gasteiger partial charge in [-0.2, -0.15) is 0 Å². The summed E-state index contributed by atoms with van der Waals surface area (Å²) in [6.45, 7) is 5.15. The summed E-state index contributed by atoms with van der Waals surface area (Å²) < 4.78 is 0. The summed E-state index contributed by atoms with van der Waals surface area (Å²) in [5.41, 5.74) is -0.115. The highest BCUT2D eigenvalue weighted by Crippen LogP contribution is 2.68. The first kappa shape index (κ1) is 23.1. The van der Waals surface area contributed by atoms with Crippen molar-refractivity contribution in [1.29, 1.82) is 0 Å². The van der Waals surface area contributed by atoms with Crippen LogP contribution in [0, 0.1) is 34.5 Å². The number of hydrogen-bond acceptors (Lipinski definition) is 6. The van der Waals surface area contributed by atoms with Gasteiger partial charge in [-0.1, -0.05) is 38.5 Å². The number of rotatable bonds is 4. The summed E-state index contributed by atoms with van der Waals surface area (Å²) in [6, 6.07) is 4.03. The van der Waals surface area contributed by atoms with Gasteiger partial charge in [-0.05, 0) is 98.1 Å². The fourth-order valence-electron chi connectivity index (χ4n) is 8.72. The lowest BCUT2D eigenvalue weighted by molar-refractivity contribution is -0.268. The summed E-state index contributed by atoms with van der Waals surface area (Å²) in [5, 5.41) is 42.5. The third kappa shape index (κ3) is 3.60. The molecule has 4 aliphatic carbocycles. The number of fused-ring (bicyclic) bond motifs is 5. The van der Waals surface area contributed by atoms with E-state index in [-0.39, 0.29) is 34.2 Å². The predicted molar refractivity (Wildman–Crippen MR) is 126 cm³/mol. The average molecular weight is 456 g/mol. The van der Waals surface area contributed by atoms with Crippen molar-refractivity contribution in [3.05, 3.63) is 23.8 Å². The first-order chi connectivity index (χ1) is 15.7. The summed E-state index contributed by atoms with van der Waals surface area (Å²) in [7, 11) is 0. The molecule has 4 saturated carbocycles. The van der Waals surface area contributed by atoms with E-state index >= 15 is 0 Å². The molecule has 5 rings (SSSR count). The Balaban J connectivity index is 1.34. The van der Waals surface area contributed by atoms with Crippen molar-refractivity contribution in [3.63, 3.8) is 0 Å². The van der Waals surface area contributed by atoms with Crippen molar-refractivity contribution >= 4 is 11.9 Å². The van der Waals surface area contributed by atoms with E-state index in [0.717, 1.165) is 31.1 Å². The second-order valence-electron chi connectivity index (χ2n) is 11.9. The first-order valence-electron chi connectivity index (χ1n) is 12.9. The van der Waals surface area contributed by atoms with Crippen LogP contribution in [0.5, 0.6) is 5.75 Å². The molecule has 0 aliphatic heterocycles. The smallest absolute Gasteiger partial charge is 0.0948 e. The quantitative estimate of drug-likeness (QED) is 0.442. The zero-order chi connectivity index (χ0) is 23.4. The first-order valence-corrected chi connectivity index (χ1v) is 12.9. The van der Waals surface area contributed by atoms with Crippen LogP contribution >= 0.6 is 0 Å². The Morgan fingerprint density at radius 1 is 1.03 bits per heavy atom. The Bertz CT molecular complexity index is 919. The molecule has 4 aliphatic rings. The molecule has 1 aromatic carbocycles. The zero-order valence-electron chi connectivity index (χ0n) is 20.0. The second kappa shape index (κ2) is 8.24. The Morgan fingerprint density at radius 2 is 1.82 bits per heavy atom. The number of nitrogens with zero attached hydrogens (tertiary/aromatic N) is 2. The van der Waals surface area contributed by atoms with Crippen molar-refractivity contribution in [3.8, 4) is 5.75 Å². The zero-order valence-corrected chi connectivity index (χ0v) is 20.0. The van der Waals surface area contributed by atoms with Gasteiger partial charge in [0.1, 0.15) is 0 Å². The standard InChI is InChI=1S/C27H40N2O4/c1-25-12-4-3-5-19(25)6-8-21-22(25)10-13-26(2)23(21)11-14-27(26,31)17-28-16-18-15-20(29(32)33)7-9-24(18)30/h7,9,15-16,19,21-23,30-33H,3-6,8,10-14,17H2,1-2H3/p-1/t19-,21+,22-,23+,25-,26+,27-/m0/s1. The summed E-state index contributed by atoms with van der Waals surface area (Å²) in [5.74, 6) is 2.72. The molecule has 0 spiro atoms. The normalized spacial score (nSPS) is 42.6. The predicted octanol–water partition coefficient (Wildman–Crippen LogP) is 4.93. The minimum atomic E-state index is -0.857. The number of hydrogen-bond donors (Lipinski definition) is 3. The molecule has 7 atom stereocenters. The molecule has 1 aromatic rings. The number of anilines is 1. The van der Waals surface area contributed by atoms with Crippen LogP contribution in [0.25, 0.3) is 0 Å². The Hall–Kier alpha value is -1.63. The third-order valence-corrected chi connectivity index (χ3v) is 10.7. The van der Waals surface area contributed by atoms with E-state index in [1.54, 1.807) is 0 Å². The van der Waals surface area contributed by atoms with Crippen molar-refractivity contribution < 1.29 is 20.6 Å². The maximum atomic E-state index is 12.2. The summed E-state index contributed by atoms with van der Waals surface area (Å²) in [6.07, 6.45) is 13.8. The van der Waals surface area contributed by atoms with Gasteiger partial charge in [-0.3, -0.25) is 15.4 Å². The maximum Gasteiger partial charge on any atom is 0.0948 e. The van der Waals surface area contributed by atoms with E-state index in [1.165, 1.54) is 69.4 Å². The summed E-state index contributed by atoms with van der Waals surface area (Å²) >= 11 is 0. The molecular formula is C27H39N2O4-. The highest BCUT2D eigenvalue weighted by molar-refractivity contribution is 5.84. The summed E-state index contributed by atoms with van der Waals surface area (Å²) in [4.78, 5) is 4.52.